The van der Waals surface area contributed by atoms with Crippen LogP contribution in [0.2, 0.25) is 0 Å². The van der Waals surface area contributed by atoms with E-state index in [0.717, 1.165) is 42.9 Å². The van der Waals surface area contributed by atoms with E-state index in [-0.39, 0.29) is 17.6 Å². The van der Waals surface area contributed by atoms with Gasteiger partial charge in [0.15, 0.2) is 5.72 Å². The molecule has 2 aromatic carbocycles. The highest BCUT2D eigenvalue weighted by Gasteiger charge is 2.52. The lowest BCUT2D eigenvalue weighted by Gasteiger charge is -2.50. The van der Waals surface area contributed by atoms with Gasteiger partial charge in [-0.3, -0.25) is 0 Å². The zero-order valence-electron chi connectivity index (χ0n) is 16.2. The zero-order valence-corrected chi connectivity index (χ0v) is 16.2. The second-order valence-electron chi connectivity index (χ2n) is 8.10. The molecule has 0 aromatic heterocycles. The second kappa shape index (κ2) is 6.90. The van der Waals surface area contributed by atoms with Crippen molar-refractivity contribution in [1.82, 2.24) is 10.4 Å². The highest BCUT2D eigenvalue weighted by Crippen LogP contribution is 2.47. The van der Waals surface area contributed by atoms with E-state index in [4.69, 9.17) is 4.74 Å². The normalized spacial score (nSPS) is 28.9. The summed E-state index contributed by atoms with van der Waals surface area (Å²) in [7, 11) is 0. The number of hydrogen-bond acceptors (Lipinski definition) is 3. The van der Waals surface area contributed by atoms with Crippen molar-refractivity contribution in [3.8, 4) is 5.75 Å². The second-order valence-corrected chi connectivity index (χ2v) is 8.10. The first kappa shape index (κ1) is 17.7. The number of piperidine rings is 1. The van der Waals surface area contributed by atoms with Gasteiger partial charge in [0.2, 0.25) is 0 Å². The molecule has 3 aliphatic rings. The Morgan fingerprint density at radius 1 is 1.14 bits per heavy atom. The van der Waals surface area contributed by atoms with Crippen molar-refractivity contribution in [3.63, 3.8) is 0 Å². The molecule has 1 spiro atoms. The van der Waals surface area contributed by atoms with Gasteiger partial charge >= 0.3 is 0 Å². The molecule has 146 valence electrons. The first-order valence-electron chi connectivity index (χ1n) is 10.3. The van der Waals surface area contributed by atoms with Crippen molar-refractivity contribution < 1.29 is 14.0 Å². The fourth-order valence-corrected chi connectivity index (χ4v) is 4.86. The predicted molar refractivity (Wildman–Crippen MR) is 107 cm³/mol. The fraction of sp³-hybridized carbons (Fsp3) is 0.391. The lowest BCUT2D eigenvalue weighted by Crippen LogP contribution is -3.14. The number of halogens is 1. The molecule has 2 aromatic rings. The lowest BCUT2D eigenvalue weighted by atomic mass is 9.92. The van der Waals surface area contributed by atoms with Gasteiger partial charge in [0.05, 0.1) is 44.2 Å². The molecule has 0 unspecified atom stereocenters. The molecule has 0 saturated carbocycles. The summed E-state index contributed by atoms with van der Waals surface area (Å²) >= 11 is 0. The maximum Gasteiger partial charge on any atom is 0.191 e. The minimum Gasteiger partial charge on any atom is -0.470 e. The van der Waals surface area contributed by atoms with E-state index in [2.05, 4.69) is 41.6 Å². The molecule has 5 heteroatoms. The number of quaternary nitrogens is 1. The van der Waals surface area contributed by atoms with Crippen LogP contribution in [-0.2, 0) is 0 Å². The Morgan fingerprint density at radius 2 is 1.89 bits per heavy atom. The molecule has 1 fully saturated rings. The number of likely N-dealkylation sites (tertiary alicyclic amines) is 1. The molecule has 0 radical (unpaired) electrons. The summed E-state index contributed by atoms with van der Waals surface area (Å²) in [6.07, 6.45) is 5.45. The molecular weight excluding hydrogens is 353 g/mol. The molecule has 3 heterocycles. The summed E-state index contributed by atoms with van der Waals surface area (Å²) in [6.45, 7) is 5.71. The molecular formula is C23H27FN3O+. The fourth-order valence-electron chi connectivity index (χ4n) is 4.86. The quantitative estimate of drug-likeness (QED) is 0.858. The van der Waals surface area contributed by atoms with Crippen molar-refractivity contribution in [2.75, 3.05) is 19.6 Å². The largest absolute Gasteiger partial charge is 0.470 e. The topological polar surface area (TPSA) is 28.9 Å². The minimum absolute atomic E-state index is 0.123. The van der Waals surface area contributed by atoms with E-state index in [0.29, 0.717) is 0 Å². The maximum atomic E-state index is 13.4. The number of hydrazine groups is 1. The maximum absolute atomic E-state index is 13.4. The van der Waals surface area contributed by atoms with Gasteiger partial charge in [-0.2, -0.15) is 5.01 Å². The Hall–Kier alpha value is -2.37. The average molecular weight is 380 g/mol. The minimum atomic E-state index is -0.339. The summed E-state index contributed by atoms with van der Waals surface area (Å²) in [5, 5.41) is 2.30. The van der Waals surface area contributed by atoms with Crippen molar-refractivity contribution in [1.29, 1.82) is 0 Å². The standard InChI is InChI=1S/C23H26FN3O/c1-2-13-26-14-11-23(12-15-26)27-21(19-5-3-4-6-22(19)28-23)16-20(25-27)17-7-9-18(24)10-8-17/h3-10,16,21,25H,2,11-15H2,1H3/p+1/t21-/m1/s1. The van der Waals surface area contributed by atoms with E-state index in [1.54, 1.807) is 4.90 Å². The van der Waals surface area contributed by atoms with E-state index in [1.807, 2.05) is 18.2 Å². The summed E-state index contributed by atoms with van der Waals surface area (Å²) in [4.78, 5) is 1.66. The summed E-state index contributed by atoms with van der Waals surface area (Å²) in [6, 6.07) is 15.2. The third-order valence-corrected chi connectivity index (χ3v) is 6.32. The van der Waals surface area contributed by atoms with Gasteiger partial charge < -0.3 is 15.1 Å². The molecule has 2 N–H and O–H groups in total. The predicted octanol–water partition coefficient (Wildman–Crippen LogP) is 2.91. The number of rotatable bonds is 3. The molecule has 4 nitrogen and oxygen atoms in total. The van der Waals surface area contributed by atoms with Crippen LogP contribution in [0.15, 0.2) is 54.6 Å². The van der Waals surface area contributed by atoms with E-state index >= 15 is 0 Å². The molecule has 0 aliphatic carbocycles. The summed E-state index contributed by atoms with van der Waals surface area (Å²) in [5.41, 5.74) is 6.48. The van der Waals surface area contributed by atoms with Crippen LogP contribution >= 0.6 is 0 Å². The number of nitrogens with one attached hydrogen (secondary N) is 2. The number of para-hydroxylation sites is 1. The molecule has 28 heavy (non-hydrogen) atoms. The Labute approximate surface area is 165 Å². The van der Waals surface area contributed by atoms with Crippen molar-refractivity contribution in [2.24, 2.45) is 0 Å². The number of nitrogens with zero attached hydrogens (tertiary/aromatic N) is 1. The number of hydrogen-bond donors (Lipinski definition) is 2. The molecule has 1 saturated heterocycles. The third kappa shape index (κ3) is 2.90. The summed E-state index contributed by atoms with van der Waals surface area (Å²) in [5.74, 6) is 0.776. The van der Waals surface area contributed by atoms with Crippen LogP contribution < -0.4 is 15.1 Å². The average Bonchev–Trinajstić information content (AvgIpc) is 3.17. The van der Waals surface area contributed by atoms with Gasteiger partial charge in [-0.15, -0.1) is 0 Å². The van der Waals surface area contributed by atoms with Gasteiger partial charge in [-0.05, 0) is 48.4 Å². The first-order valence-corrected chi connectivity index (χ1v) is 10.3. The first-order chi connectivity index (χ1) is 13.7. The van der Waals surface area contributed by atoms with Gasteiger partial charge in [0.1, 0.15) is 11.6 Å². The molecule has 0 bridgehead atoms. The molecule has 5 rings (SSSR count). The Bertz CT molecular complexity index is 887. The lowest BCUT2D eigenvalue weighted by molar-refractivity contribution is -0.908. The van der Waals surface area contributed by atoms with Crippen LogP contribution in [0, 0.1) is 5.82 Å². The number of fused-ring (bicyclic) bond motifs is 4. The molecule has 0 amide bonds. The van der Waals surface area contributed by atoms with Gasteiger partial charge in [0, 0.05) is 5.56 Å². The summed E-state index contributed by atoms with van der Waals surface area (Å²) < 4.78 is 20.0. The Kier molecular flexibility index (Phi) is 4.37. The zero-order chi connectivity index (χ0) is 19.1. The van der Waals surface area contributed by atoms with Crippen molar-refractivity contribution in [2.45, 2.75) is 38.0 Å². The third-order valence-electron chi connectivity index (χ3n) is 6.32. The Morgan fingerprint density at radius 3 is 2.64 bits per heavy atom. The highest BCUT2D eigenvalue weighted by molar-refractivity contribution is 5.67. The Balaban J connectivity index is 1.49. The van der Waals surface area contributed by atoms with Gasteiger partial charge in [-0.1, -0.05) is 25.1 Å². The SMILES string of the molecule is CCC[NH+]1CCC2(CC1)Oc1ccccc1[C@H]1C=C(c3ccc(F)cc3)NN12. The van der Waals surface area contributed by atoms with Crippen LogP contribution in [-0.4, -0.2) is 30.4 Å². The van der Waals surface area contributed by atoms with Gasteiger partial charge in [0.25, 0.3) is 0 Å². The highest BCUT2D eigenvalue weighted by atomic mass is 19.1. The smallest absolute Gasteiger partial charge is 0.191 e. The van der Waals surface area contributed by atoms with Crippen molar-refractivity contribution >= 4 is 5.70 Å². The molecule has 1 atom stereocenters. The van der Waals surface area contributed by atoms with E-state index in [9.17, 15) is 4.39 Å². The monoisotopic (exact) mass is 380 g/mol. The van der Waals surface area contributed by atoms with Crippen LogP contribution in [0.1, 0.15) is 43.4 Å². The van der Waals surface area contributed by atoms with Crippen LogP contribution in [0.4, 0.5) is 4.39 Å². The van der Waals surface area contributed by atoms with E-state index in [1.165, 1.54) is 30.7 Å². The van der Waals surface area contributed by atoms with Crippen LogP contribution in [0.25, 0.3) is 5.70 Å². The van der Waals surface area contributed by atoms with E-state index < -0.39 is 0 Å². The number of benzene rings is 2. The van der Waals surface area contributed by atoms with Crippen molar-refractivity contribution in [3.05, 3.63) is 71.6 Å². The molecule has 3 aliphatic heterocycles. The van der Waals surface area contributed by atoms with Crippen LogP contribution in [0.3, 0.4) is 0 Å². The van der Waals surface area contributed by atoms with Gasteiger partial charge in [-0.25, -0.2) is 4.39 Å². The number of ether oxygens (including phenoxy) is 1. The van der Waals surface area contributed by atoms with Crippen LogP contribution in [0.5, 0.6) is 5.75 Å².